The molecular weight excluding hydrogens is 406 g/mol. The van der Waals surface area contributed by atoms with Crippen LogP contribution in [0.15, 0.2) is 65.1 Å². The van der Waals surface area contributed by atoms with E-state index in [1.54, 1.807) is 16.7 Å². The highest BCUT2D eigenvalue weighted by atomic mass is 32.2. The summed E-state index contributed by atoms with van der Waals surface area (Å²) in [5, 5.41) is 4.19. The number of rotatable bonds is 8. The zero-order valence-corrected chi connectivity index (χ0v) is 19.3. The second kappa shape index (κ2) is 9.96. The molecule has 0 saturated heterocycles. The lowest BCUT2D eigenvalue weighted by atomic mass is 9.92. The molecule has 0 unspecified atom stereocenters. The van der Waals surface area contributed by atoms with Crippen LogP contribution in [0.1, 0.15) is 50.7 Å². The number of nitrogens with one attached hydrogen (secondary N) is 1. The number of amides is 1. The Balaban J connectivity index is 1.87. The van der Waals surface area contributed by atoms with Gasteiger partial charge in [0.05, 0.1) is 16.7 Å². The Labute approximate surface area is 187 Å². The van der Waals surface area contributed by atoms with Crippen molar-refractivity contribution in [2.45, 2.75) is 51.2 Å². The van der Waals surface area contributed by atoms with E-state index < -0.39 is 0 Å². The predicted molar refractivity (Wildman–Crippen MR) is 130 cm³/mol. The standard InChI is InChI=1S/C25H29N3O2S/c1-6-14-28-24(30)20-10-7-8-13-21(20)26-25(28)31-15-22(29)27-23-18(16(2)3)11-9-12-19(23)17(4)5/h6-13,16-17H,1,14-15H2,2-5H3,(H,27,29). The van der Waals surface area contributed by atoms with Crippen LogP contribution in [0.4, 0.5) is 5.69 Å². The van der Waals surface area contributed by atoms with Crippen molar-refractivity contribution < 1.29 is 4.79 Å². The van der Waals surface area contributed by atoms with Crippen LogP contribution in [0.2, 0.25) is 0 Å². The van der Waals surface area contributed by atoms with Crippen molar-refractivity contribution in [1.82, 2.24) is 9.55 Å². The lowest BCUT2D eigenvalue weighted by Crippen LogP contribution is -2.24. The van der Waals surface area contributed by atoms with Crippen molar-refractivity contribution in [3.8, 4) is 0 Å². The molecule has 0 spiro atoms. The predicted octanol–water partition coefficient (Wildman–Crippen LogP) is 5.56. The van der Waals surface area contributed by atoms with Crippen LogP contribution in [0.25, 0.3) is 10.9 Å². The first-order valence-electron chi connectivity index (χ1n) is 10.5. The Morgan fingerprint density at radius 2 is 1.74 bits per heavy atom. The fourth-order valence-electron chi connectivity index (χ4n) is 3.55. The zero-order chi connectivity index (χ0) is 22.5. The summed E-state index contributed by atoms with van der Waals surface area (Å²) in [7, 11) is 0. The Bertz CT molecular complexity index is 1140. The maximum atomic E-state index is 12.9. The van der Waals surface area contributed by atoms with E-state index in [9.17, 15) is 9.59 Å². The summed E-state index contributed by atoms with van der Waals surface area (Å²) in [6.07, 6.45) is 1.66. The Morgan fingerprint density at radius 1 is 1.10 bits per heavy atom. The number of benzene rings is 2. The molecular formula is C25H29N3O2S. The largest absolute Gasteiger partial charge is 0.325 e. The fourth-order valence-corrected chi connectivity index (χ4v) is 4.36. The number of carbonyl (C=O) groups is 1. The topological polar surface area (TPSA) is 64.0 Å². The lowest BCUT2D eigenvalue weighted by Gasteiger charge is -2.20. The second-order valence-corrected chi connectivity index (χ2v) is 9.02. The van der Waals surface area contributed by atoms with E-state index in [1.165, 1.54) is 11.8 Å². The van der Waals surface area contributed by atoms with Crippen LogP contribution in [0.3, 0.4) is 0 Å². The van der Waals surface area contributed by atoms with Crippen LogP contribution >= 0.6 is 11.8 Å². The summed E-state index contributed by atoms with van der Waals surface area (Å²) in [6.45, 7) is 12.6. The molecule has 0 aliphatic heterocycles. The van der Waals surface area contributed by atoms with E-state index in [0.717, 1.165) is 16.8 Å². The summed E-state index contributed by atoms with van der Waals surface area (Å²) in [5.41, 5.74) is 3.64. The maximum Gasteiger partial charge on any atom is 0.262 e. The summed E-state index contributed by atoms with van der Waals surface area (Å²) in [5.74, 6) is 0.627. The third-order valence-electron chi connectivity index (χ3n) is 5.11. The second-order valence-electron chi connectivity index (χ2n) is 8.07. The van der Waals surface area contributed by atoms with Gasteiger partial charge in [0.25, 0.3) is 5.56 Å². The third kappa shape index (κ3) is 5.07. The quantitative estimate of drug-likeness (QED) is 0.286. The average Bonchev–Trinajstić information content (AvgIpc) is 2.74. The number of nitrogens with zero attached hydrogens (tertiary/aromatic N) is 2. The molecule has 162 valence electrons. The molecule has 3 aromatic rings. The molecule has 0 aliphatic carbocycles. The number of hydrogen-bond donors (Lipinski definition) is 1. The number of fused-ring (bicyclic) bond motifs is 1. The van der Waals surface area contributed by atoms with Gasteiger partial charge in [-0.3, -0.25) is 14.2 Å². The van der Waals surface area contributed by atoms with E-state index in [0.29, 0.717) is 34.4 Å². The number of anilines is 1. The molecule has 0 radical (unpaired) electrons. The maximum absolute atomic E-state index is 12.9. The Morgan fingerprint density at radius 3 is 2.35 bits per heavy atom. The van der Waals surface area contributed by atoms with Gasteiger partial charge in [0.15, 0.2) is 5.16 Å². The van der Waals surface area contributed by atoms with Crippen molar-refractivity contribution in [3.63, 3.8) is 0 Å². The number of aromatic nitrogens is 2. The molecule has 0 bridgehead atoms. The summed E-state index contributed by atoms with van der Waals surface area (Å²) >= 11 is 1.26. The van der Waals surface area contributed by atoms with E-state index >= 15 is 0 Å². The number of allylic oxidation sites excluding steroid dienone is 1. The van der Waals surface area contributed by atoms with Crippen molar-refractivity contribution >= 4 is 34.3 Å². The highest BCUT2D eigenvalue weighted by Crippen LogP contribution is 2.32. The molecule has 1 amide bonds. The van der Waals surface area contributed by atoms with Gasteiger partial charge < -0.3 is 5.32 Å². The molecule has 0 fully saturated rings. The van der Waals surface area contributed by atoms with Crippen molar-refractivity contribution in [2.24, 2.45) is 0 Å². The van der Waals surface area contributed by atoms with E-state index in [1.807, 2.05) is 24.3 Å². The molecule has 5 nitrogen and oxygen atoms in total. The minimum Gasteiger partial charge on any atom is -0.325 e. The van der Waals surface area contributed by atoms with Gasteiger partial charge in [-0.15, -0.1) is 6.58 Å². The van der Waals surface area contributed by atoms with Crippen LogP contribution in [0.5, 0.6) is 0 Å². The first-order chi connectivity index (χ1) is 14.8. The molecule has 3 rings (SSSR count). The minimum absolute atomic E-state index is 0.118. The van der Waals surface area contributed by atoms with Gasteiger partial charge in [-0.1, -0.05) is 75.9 Å². The first-order valence-corrected chi connectivity index (χ1v) is 11.5. The highest BCUT2D eigenvalue weighted by Gasteiger charge is 2.17. The average molecular weight is 436 g/mol. The highest BCUT2D eigenvalue weighted by molar-refractivity contribution is 7.99. The number of carbonyl (C=O) groups excluding carboxylic acids is 1. The third-order valence-corrected chi connectivity index (χ3v) is 6.08. The monoisotopic (exact) mass is 435 g/mol. The summed E-state index contributed by atoms with van der Waals surface area (Å²) in [6, 6.07) is 13.4. The van der Waals surface area contributed by atoms with Gasteiger partial charge in [0, 0.05) is 12.2 Å². The molecule has 6 heteroatoms. The van der Waals surface area contributed by atoms with Gasteiger partial charge in [0.1, 0.15) is 0 Å². The SMILES string of the molecule is C=CCn1c(SCC(=O)Nc2c(C(C)C)cccc2C(C)C)nc2ccccc2c1=O. The van der Waals surface area contributed by atoms with Crippen LogP contribution in [0, 0.1) is 0 Å². The van der Waals surface area contributed by atoms with Gasteiger partial charge in [-0.25, -0.2) is 4.98 Å². The van der Waals surface area contributed by atoms with Crippen LogP contribution in [-0.4, -0.2) is 21.2 Å². The number of thioether (sulfide) groups is 1. The Kier molecular flexibility index (Phi) is 7.33. The lowest BCUT2D eigenvalue weighted by molar-refractivity contribution is -0.113. The van der Waals surface area contributed by atoms with Gasteiger partial charge in [-0.2, -0.15) is 0 Å². The van der Waals surface area contributed by atoms with E-state index in [-0.39, 0.29) is 17.2 Å². The van der Waals surface area contributed by atoms with Crippen LogP contribution < -0.4 is 10.9 Å². The van der Waals surface area contributed by atoms with Gasteiger partial charge in [-0.05, 0) is 35.1 Å². The molecule has 2 aromatic carbocycles. The molecule has 0 aliphatic rings. The number of hydrogen-bond acceptors (Lipinski definition) is 4. The van der Waals surface area contributed by atoms with Gasteiger partial charge >= 0.3 is 0 Å². The first kappa shape index (κ1) is 22.8. The van der Waals surface area contributed by atoms with Crippen molar-refractivity contribution in [1.29, 1.82) is 0 Å². The van der Waals surface area contributed by atoms with Crippen molar-refractivity contribution in [2.75, 3.05) is 11.1 Å². The summed E-state index contributed by atoms with van der Waals surface area (Å²) in [4.78, 5) is 30.4. The Hall–Kier alpha value is -2.86. The van der Waals surface area contributed by atoms with Crippen LogP contribution in [-0.2, 0) is 11.3 Å². The molecule has 1 heterocycles. The molecule has 31 heavy (non-hydrogen) atoms. The minimum atomic E-state index is -0.124. The smallest absolute Gasteiger partial charge is 0.262 e. The zero-order valence-electron chi connectivity index (χ0n) is 18.5. The fraction of sp³-hybridized carbons (Fsp3) is 0.320. The molecule has 1 aromatic heterocycles. The van der Waals surface area contributed by atoms with E-state index in [2.05, 4.69) is 56.7 Å². The normalized spacial score (nSPS) is 11.3. The van der Waals surface area contributed by atoms with E-state index in [4.69, 9.17) is 0 Å². The van der Waals surface area contributed by atoms with Gasteiger partial charge in [0.2, 0.25) is 5.91 Å². The molecule has 1 N–H and O–H groups in total. The molecule has 0 saturated carbocycles. The number of para-hydroxylation sites is 2. The van der Waals surface area contributed by atoms with Crippen molar-refractivity contribution in [3.05, 3.63) is 76.6 Å². The summed E-state index contributed by atoms with van der Waals surface area (Å²) < 4.78 is 1.56. The molecule has 0 atom stereocenters.